The highest BCUT2D eigenvalue weighted by Crippen LogP contribution is 2.34. The Morgan fingerprint density at radius 1 is 0.833 bits per heavy atom. The maximum Gasteiger partial charge on any atom is 0.343 e. The molecule has 3 nitrogen and oxygen atoms in total. The molecule has 36 heavy (non-hydrogen) atoms. The monoisotopic (exact) mass is 496 g/mol. The van der Waals surface area contributed by atoms with Crippen molar-refractivity contribution in [2.24, 2.45) is 11.8 Å². The van der Waals surface area contributed by atoms with E-state index in [9.17, 15) is 9.18 Å². The lowest BCUT2D eigenvalue weighted by Crippen LogP contribution is -2.15. The summed E-state index contributed by atoms with van der Waals surface area (Å²) in [4.78, 5) is 12.5. The number of aryl methyl sites for hydroxylation is 1. The number of rotatable bonds is 15. The fraction of sp³-hybridized carbons (Fsp3) is 0.594. The predicted molar refractivity (Wildman–Crippen MR) is 145 cm³/mol. The van der Waals surface area contributed by atoms with E-state index in [0.29, 0.717) is 12.2 Å². The van der Waals surface area contributed by atoms with Crippen molar-refractivity contribution in [3.63, 3.8) is 0 Å². The summed E-state index contributed by atoms with van der Waals surface area (Å²) in [7, 11) is 0. The van der Waals surface area contributed by atoms with Gasteiger partial charge in [0.2, 0.25) is 0 Å². The van der Waals surface area contributed by atoms with Crippen LogP contribution < -0.4 is 9.47 Å². The summed E-state index contributed by atoms with van der Waals surface area (Å²) in [6.45, 7) is 5.11. The van der Waals surface area contributed by atoms with Crippen LogP contribution in [0.3, 0.4) is 0 Å². The molecule has 0 radical (unpaired) electrons. The molecule has 0 N–H and O–H groups in total. The van der Waals surface area contributed by atoms with E-state index in [-0.39, 0.29) is 5.75 Å². The second kappa shape index (κ2) is 15.7. The van der Waals surface area contributed by atoms with Gasteiger partial charge in [-0.15, -0.1) is 0 Å². The summed E-state index contributed by atoms with van der Waals surface area (Å²) in [6, 6.07) is 11.8. The first-order chi connectivity index (χ1) is 17.6. The third kappa shape index (κ3) is 9.59. The topological polar surface area (TPSA) is 35.5 Å². The summed E-state index contributed by atoms with van der Waals surface area (Å²) in [5, 5.41) is 0. The molecular weight excluding hydrogens is 451 g/mol. The first kappa shape index (κ1) is 28.2. The molecule has 198 valence electrons. The van der Waals surface area contributed by atoms with Crippen LogP contribution in [0.25, 0.3) is 0 Å². The molecule has 2 aromatic carbocycles. The number of unbranched alkanes of at least 4 members (excludes halogenated alkanes) is 4. The molecule has 0 aromatic heterocycles. The van der Waals surface area contributed by atoms with Gasteiger partial charge in [0.15, 0.2) is 11.6 Å². The molecule has 0 unspecified atom stereocenters. The first-order valence-electron chi connectivity index (χ1n) is 14.3. The van der Waals surface area contributed by atoms with Crippen LogP contribution in [-0.2, 0) is 6.42 Å². The van der Waals surface area contributed by atoms with Crippen LogP contribution in [0.2, 0.25) is 0 Å². The molecule has 1 saturated carbocycles. The maximum atomic E-state index is 14.4. The van der Waals surface area contributed by atoms with Crippen LogP contribution in [0.5, 0.6) is 11.5 Å². The fourth-order valence-corrected chi connectivity index (χ4v) is 5.26. The van der Waals surface area contributed by atoms with Crippen LogP contribution >= 0.6 is 0 Å². The van der Waals surface area contributed by atoms with Gasteiger partial charge in [0.05, 0.1) is 12.2 Å². The number of carbonyl (C=O) groups is 1. The van der Waals surface area contributed by atoms with E-state index < -0.39 is 11.8 Å². The van der Waals surface area contributed by atoms with E-state index in [1.807, 2.05) is 6.07 Å². The number of ether oxygens (including phenoxy) is 2. The van der Waals surface area contributed by atoms with Crippen molar-refractivity contribution in [1.82, 2.24) is 0 Å². The summed E-state index contributed by atoms with van der Waals surface area (Å²) >= 11 is 0. The van der Waals surface area contributed by atoms with Gasteiger partial charge < -0.3 is 9.47 Å². The molecule has 1 aliphatic rings. The van der Waals surface area contributed by atoms with E-state index in [0.717, 1.165) is 55.3 Å². The zero-order valence-corrected chi connectivity index (χ0v) is 22.4. The third-order valence-electron chi connectivity index (χ3n) is 7.57. The predicted octanol–water partition coefficient (Wildman–Crippen LogP) is 9.32. The van der Waals surface area contributed by atoms with E-state index in [1.165, 1.54) is 63.9 Å². The van der Waals surface area contributed by atoms with Crippen LogP contribution in [0.4, 0.5) is 4.39 Å². The molecule has 0 saturated heterocycles. The Labute approximate surface area is 217 Å². The van der Waals surface area contributed by atoms with Gasteiger partial charge >= 0.3 is 5.97 Å². The van der Waals surface area contributed by atoms with Crippen molar-refractivity contribution >= 4 is 5.97 Å². The minimum Gasteiger partial charge on any atom is -0.494 e. The van der Waals surface area contributed by atoms with E-state index in [1.54, 1.807) is 30.3 Å². The van der Waals surface area contributed by atoms with Gasteiger partial charge in [-0.1, -0.05) is 84.1 Å². The molecule has 0 atom stereocenters. The van der Waals surface area contributed by atoms with Crippen LogP contribution in [-0.4, -0.2) is 12.6 Å². The Hall–Kier alpha value is -2.36. The quantitative estimate of drug-likeness (QED) is 0.140. The molecule has 2 aromatic rings. The second-order valence-electron chi connectivity index (χ2n) is 10.5. The largest absolute Gasteiger partial charge is 0.494 e. The molecule has 0 heterocycles. The Morgan fingerprint density at radius 2 is 1.47 bits per heavy atom. The maximum absolute atomic E-state index is 14.4. The summed E-state index contributed by atoms with van der Waals surface area (Å²) in [5.41, 5.74) is 1.31. The average molecular weight is 497 g/mol. The second-order valence-corrected chi connectivity index (χ2v) is 10.5. The van der Waals surface area contributed by atoms with Crippen molar-refractivity contribution in [3.05, 3.63) is 59.4 Å². The van der Waals surface area contributed by atoms with Gasteiger partial charge in [-0.25, -0.2) is 9.18 Å². The van der Waals surface area contributed by atoms with Crippen LogP contribution in [0.1, 0.15) is 113 Å². The number of carbonyl (C=O) groups excluding carboxylic acids is 1. The summed E-state index contributed by atoms with van der Waals surface area (Å²) in [6.07, 6.45) is 17.5. The molecule has 1 aliphatic carbocycles. The highest BCUT2D eigenvalue weighted by molar-refractivity contribution is 5.91. The highest BCUT2D eigenvalue weighted by atomic mass is 19.1. The normalized spacial score (nSPS) is 17.6. The number of hydrogen-bond donors (Lipinski definition) is 0. The zero-order chi connectivity index (χ0) is 25.6. The number of halogens is 1. The first-order valence-corrected chi connectivity index (χ1v) is 14.3. The number of hydrogen-bond acceptors (Lipinski definition) is 3. The molecule has 4 heteroatoms. The van der Waals surface area contributed by atoms with Gasteiger partial charge in [0, 0.05) is 0 Å². The van der Waals surface area contributed by atoms with Gasteiger partial charge in [-0.3, -0.25) is 0 Å². The smallest absolute Gasteiger partial charge is 0.343 e. The lowest BCUT2D eigenvalue weighted by molar-refractivity contribution is 0.0727. The SMILES string of the molecule is CCCCCc1ccc(OC(=O)c2ccc(OCCCC3CCC(CCCCC)CC3)cc2)c(F)c1. The van der Waals surface area contributed by atoms with Crippen molar-refractivity contribution in [2.45, 2.75) is 104 Å². The van der Waals surface area contributed by atoms with Crippen LogP contribution in [0, 0.1) is 17.7 Å². The van der Waals surface area contributed by atoms with Gasteiger partial charge in [0.1, 0.15) is 5.75 Å². The molecule has 0 bridgehead atoms. The fourth-order valence-electron chi connectivity index (χ4n) is 5.26. The highest BCUT2D eigenvalue weighted by Gasteiger charge is 2.20. The molecule has 0 aliphatic heterocycles. The van der Waals surface area contributed by atoms with Crippen molar-refractivity contribution in [2.75, 3.05) is 6.61 Å². The Balaban J connectivity index is 1.35. The third-order valence-corrected chi connectivity index (χ3v) is 7.57. The average Bonchev–Trinajstić information content (AvgIpc) is 2.89. The standard InChI is InChI=1S/C32H45FO3/c1-3-5-7-10-25-13-15-26(16-14-25)12-9-23-35-29-20-18-28(19-21-29)32(34)36-31-22-17-27(24-30(31)33)11-8-6-4-2/h17-22,24-26H,3-16,23H2,1-2H3. The Morgan fingerprint density at radius 3 is 2.11 bits per heavy atom. The minimum atomic E-state index is -0.565. The van der Waals surface area contributed by atoms with Crippen molar-refractivity contribution in [1.29, 1.82) is 0 Å². The van der Waals surface area contributed by atoms with Gasteiger partial charge in [-0.05, 0) is 79.5 Å². The Kier molecular flexibility index (Phi) is 12.3. The van der Waals surface area contributed by atoms with Crippen molar-refractivity contribution in [3.8, 4) is 11.5 Å². The lowest BCUT2D eigenvalue weighted by Gasteiger charge is -2.28. The molecule has 0 amide bonds. The minimum absolute atomic E-state index is 0.0328. The Bertz CT molecular complexity index is 900. The summed E-state index contributed by atoms with van der Waals surface area (Å²) in [5.74, 6) is 1.45. The summed E-state index contributed by atoms with van der Waals surface area (Å²) < 4.78 is 25.6. The zero-order valence-electron chi connectivity index (χ0n) is 22.4. The van der Waals surface area contributed by atoms with E-state index in [4.69, 9.17) is 9.47 Å². The lowest BCUT2D eigenvalue weighted by atomic mass is 9.78. The molecule has 0 spiro atoms. The van der Waals surface area contributed by atoms with Gasteiger partial charge in [0.25, 0.3) is 0 Å². The van der Waals surface area contributed by atoms with E-state index >= 15 is 0 Å². The van der Waals surface area contributed by atoms with Gasteiger partial charge in [-0.2, -0.15) is 0 Å². The number of benzene rings is 2. The van der Waals surface area contributed by atoms with Crippen LogP contribution in [0.15, 0.2) is 42.5 Å². The van der Waals surface area contributed by atoms with Crippen molar-refractivity contribution < 1.29 is 18.7 Å². The molecule has 1 fully saturated rings. The molecule has 3 rings (SSSR count). The molecular formula is C32H45FO3. The van der Waals surface area contributed by atoms with E-state index in [2.05, 4.69) is 13.8 Å². The number of esters is 1.